The van der Waals surface area contributed by atoms with Gasteiger partial charge >= 0.3 is 0 Å². The number of fused-ring (bicyclic) bond motifs is 1. The molecule has 0 atom stereocenters. The van der Waals surface area contributed by atoms with Crippen LogP contribution in [0.1, 0.15) is 0 Å². The van der Waals surface area contributed by atoms with Gasteiger partial charge in [-0.2, -0.15) is 0 Å². The fourth-order valence-corrected chi connectivity index (χ4v) is 3.52. The SMILES string of the molecule is COc1cc(-c2cc3cnc(Cl)cc3n2COCC[Si](C)(C)C)ncn1. The van der Waals surface area contributed by atoms with Gasteiger partial charge in [0.1, 0.15) is 18.2 Å². The molecule has 0 spiro atoms. The van der Waals surface area contributed by atoms with Gasteiger partial charge in [0.25, 0.3) is 0 Å². The zero-order valence-electron chi connectivity index (χ0n) is 15.5. The number of aromatic nitrogens is 4. The zero-order valence-corrected chi connectivity index (χ0v) is 17.2. The van der Waals surface area contributed by atoms with E-state index in [1.165, 1.54) is 6.33 Å². The highest BCUT2D eigenvalue weighted by atomic mass is 35.5. The lowest BCUT2D eigenvalue weighted by Crippen LogP contribution is -2.22. The van der Waals surface area contributed by atoms with E-state index in [1.54, 1.807) is 13.3 Å². The van der Waals surface area contributed by atoms with E-state index in [2.05, 4.69) is 39.2 Å². The third kappa shape index (κ3) is 4.41. The predicted molar refractivity (Wildman–Crippen MR) is 106 cm³/mol. The summed E-state index contributed by atoms with van der Waals surface area (Å²) in [5, 5.41) is 1.43. The van der Waals surface area contributed by atoms with Crippen LogP contribution in [0, 0.1) is 0 Å². The van der Waals surface area contributed by atoms with E-state index in [0.29, 0.717) is 17.8 Å². The van der Waals surface area contributed by atoms with E-state index < -0.39 is 8.07 Å². The van der Waals surface area contributed by atoms with Crippen molar-refractivity contribution in [1.82, 2.24) is 19.5 Å². The standard InChI is InChI=1S/C18H23ClN4O2Si/c1-24-18-8-14(21-11-22-18)16-7-13-10-20-17(19)9-15(13)23(16)12-25-5-6-26(2,3)4/h7-11H,5-6,12H2,1-4H3. The van der Waals surface area contributed by atoms with Crippen molar-refractivity contribution in [2.24, 2.45) is 0 Å². The largest absolute Gasteiger partial charge is 0.481 e. The molecule has 3 heterocycles. The van der Waals surface area contributed by atoms with Crippen LogP contribution in [0.4, 0.5) is 0 Å². The molecular formula is C18H23ClN4O2Si. The van der Waals surface area contributed by atoms with E-state index in [1.807, 2.05) is 18.2 Å². The Kier molecular flexibility index (Phi) is 5.60. The van der Waals surface area contributed by atoms with Crippen molar-refractivity contribution in [2.75, 3.05) is 13.7 Å². The van der Waals surface area contributed by atoms with E-state index in [9.17, 15) is 0 Å². The maximum atomic E-state index is 6.11. The molecule has 0 aliphatic rings. The number of hydrogen-bond acceptors (Lipinski definition) is 5. The molecule has 3 rings (SSSR count). The van der Waals surface area contributed by atoms with Crippen molar-refractivity contribution in [3.8, 4) is 17.3 Å². The summed E-state index contributed by atoms with van der Waals surface area (Å²) in [6, 6.07) is 6.80. The molecule has 138 valence electrons. The summed E-state index contributed by atoms with van der Waals surface area (Å²) >= 11 is 6.11. The van der Waals surface area contributed by atoms with Gasteiger partial charge in [-0.05, 0) is 18.2 Å². The van der Waals surface area contributed by atoms with Gasteiger partial charge in [0, 0.05) is 32.3 Å². The molecule has 8 heteroatoms. The van der Waals surface area contributed by atoms with Crippen LogP contribution in [-0.4, -0.2) is 41.3 Å². The minimum absolute atomic E-state index is 0.427. The number of pyridine rings is 1. The Morgan fingerprint density at radius 1 is 1.12 bits per heavy atom. The average Bonchev–Trinajstić information content (AvgIpc) is 2.96. The maximum absolute atomic E-state index is 6.11. The van der Waals surface area contributed by atoms with Gasteiger partial charge in [0.2, 0.25) is 5.88 Å². The number of halogens is 1. The molecule has 0 radical (unpaired) electrons. The Balaban J connectivity index is 1.96. The van der Waals surface area contributed by atoms with Gasteiger partial charge in [-0.1, -0.05) is 31.2 Å². The van der Waals surface area contributed by atoms with E-state index in [0.717, 1.165) is 34.9 Å². The zero-order chi connectivity index (χ0) is 18.7. The lowest BCUT2D eigenvalue weighted by molar-refractivity contribution is 0.0912. The summed E-state index contributed by atoms with van der Waals surface area (Å²) in [5.74, 6) is 0.516. The van der Waals surface area contributed by atoms with Gasteiger partial charge in [-0.3, -0.25) is 0 Å². The van der Waals surface area contributed by atoms with Crippen LogP contribution < -0.4 is 4.74 Å². The minimum Gasteiger partial charge on any atom is -0.481 e. The summed E-state index contributed by atoms with van der Waals surface area (Å²) in [5.41, 5.74) is 2.64. The Bertz CT molecular complexity index is 908. The van der Waals surface area contributed by atoms with Crippen LogP contribution in [0.25, 0.3) is 22.3 Å². The molecule has 0 amide bonds. The Morgan fingerprint density at radius 2 is 1.92 bits per heavy atom. The highest BCUT2D eigenvalue weighted by molar-refractivity contribution is 6.76. The van der Waals surface area contributed by atoms with Crippen LogP contribution in [-0.2, 0) is 11.5 Å². The lowest BCUT2D eigenvalue weighted by atomic mass is 10.2. The molecule has 0 fully saturated rings. The third-order valence-electron chi connectivity index (χ3n) is 4.08. The maximum Gasteiger partial charge on any atom is 0.216 e. The second-order valence-corrected chi connectivity index (χ2v) is 13.3. The summed E-state index contributed by atoms with van der Waals surface area (Å²) < 4.78 is 13.3. The van der Waals surface area contributed by atoms with Crippen LogP contribution in [0.5, 0.6) is 5.88 Å². The molecule has 0 unspecified atom stereocenters. The molecule has 26 heavy (non-hydrogen) atoms. The third-order valence-corrected chi connectivity index (χ3v) is 5.99. The Labute approximate surface area is 159 Å². The van der Waals surface area contributed by atoms with Crippen molar-refractivity contribution in [1.29, 1.82) is 0 Å². The summed E-state index contributed by atoms with van der Waals surface area (Å²) in [6.07, 6.45) is 3.26. The van der Waals surface area contributed by atoms with Gasteiger partial charge in [-0.25, -0.2) is 15.0 Å². The van der Waals surface area contributed by atoms with Gasteiger partial charge in [-0.15, -0.1) is 0 Å². The fraction of sp³-hybridized carbons (Fsp3) is 0.389. The normalized spacial score (nSPS) is 11.9. The first kappa shape index (κ1) is 18.8. The quantitative estimate of drug-likeness (QED) is 0.338. The van der Waals surface area contributed by atoms with Crippen LogP contribution in [0.3, 0.4) is 0 Å². The summed E-state index contributed by atoms with van der Waals surface area (Å²) in [6.45, 7) is 8.18. The highest BCUT2D eigenvalue weighted by Gasteiger charge is 2.15. The second kappa shape index (κ2) is 7.73. The summed E-state index contributed by atoms with van der Waals surface area (Å²) in [7, 11) is 0.454. The number of hydrogen-bond donors (Lipinski definition) is 0. The number of rotatable bonds is 7. The van der Waals surface area contributed by atoms with Crippen LogP contribution in [0.2, 0.25) is 30.8 Å². The smallest absolute Gasteiger partial charge is 0.216 e. The van der Waals surface area contributed by atoms with Gasteiger partial charge in [0.15, 0.2) is 0 Å². The Morgan fingerprint density at radius 3 is 2.65 bits per heavy atom. The summed E-state index contributed by atoms with van der Waals surface area (Å²) in [4.78, 5) is 12.6. The first-order chi connectivity index (χ1) is 12.4. The van der Waals surface area contributed by atoms with Gasteiger partial charge in [0.05, 0.1) is 24.0 Å². The molecule has 0 aliphatic heterocycles. The predicted octanol–water partition coefficient (Wildman–Crippen LogP) is 4.47. The molecule has 3 aromatic heterocycles. The molecule has 0 saturated heterocycles. The van der Waals surface area contributed by atoms with Gasteiger partial charge < -0.3 is 14.0 Å². The number of nitrogens with zero attached hydrogens (tertiary/aromatic N) is 4. The Hall–Kier alpha value is -1.96. The molecule has 0 bridgehead atoms. The van der Waals surface area contributed by atoms with E-state index in [-0.39, 0.29) is 0 Å². The van der Waals surface area contributed by atoms with Crippen LogP contribution in [0.15, 0.2) is 30.7 Å². The van der Waals surface area contributed by atoms with Crippen molar-refractivity contribution < 1.29 is 9.47 Å². The molecule has 0 aromatic carbocycles. The average molecular weight is 391 g/mol. The molecule has 6 nitrogen and oxygen atoms in total. The highest BCUT2D eigenvalue weighted by Crippen LogP contribution is 2.29. The van der Waals surface area contributed by atoms with Crippen molar-refractivity contribution >= 4 is 30.6 Å². The molecular weight excluding hydrogens is 368 g/mol. The number of ether oxygens (including phenoxy) is 2. The van der Waals surface area contributed by atoms with Crippen molar-refractivity contribution in [3.63, 3.8) is 0 Å². The molecule has 0 N–H and O–H groups in total. The lowest BCUT2D eigenvalue weighted by Gasteiger charge is -2.17. The van der Waals surface area contributed by atoms with E-state index >= 15 is 0 Å². The second-order valence-electron chi connectivity index (χ2n) is 7.32. The molecule has 0 aliphatic carbocycles. The first-order valence-corrected chi connectivity index (χ1v) is 12.5. The molecule has 0 saturated carbocycles. The van der Waals surface area contributed by atoms with E-state index in [4.69, 9.17) is 21.1 Å². The number of methoxy groups -OCH3 is 1. The topological polar surface area (TPSA) is 62.1 Å². The molecule has 3 aromatic rings. The van der Waals surface area contributed by atoms with Crippen molar-refractivity contribution in [3.05, 3.63) is 35.9 Å². The van der Waals surface area contributed by atoms with Crippen molar-refractivity contribution in [2.45, 2.75) is 32.4 Å². The minimum atomic E-state index is -1.13. The fourth-order valence-electron chi connectivity index (χ4n) is 2.61. The van der Waals surface area contributed by atoms with Crippen LogP contribution >= 0.6 is 11.6 Å². The monoisotopic (exact) mass is 390 g/mol. The first-order valence-electron chi connectivity index (χ1n) is 8.46.